The first-order valence-corrected chi connectivity index (χ1v) is 6.61. The van der Waals surface area contributed by atoms with E-state index < -0.39 is 0 Å². The maximum atomic E-state index is 12.0. The van der Waals surface area contributed by atoms with Gasteiger partial charge in [-0.1, -0.05) is 0 Å². The second-order valence-corrected chi connectivity index (χ2v) is 5.29. The van der Waals surface area contributed by atoms with Gasteiger partial charge in [0.05, 0.1) is 0 Å². The predicted molar refractivity (Wildman–Crippen MR) is 67.3 cm³/mol. The first-order valence-electron chi connectivity index (χ1n) is 6.61. The summed E-state index contributed by atoms with van der Waals surface area (Å²) in [5, 5.41) is 3.32. The molecule has 5 heteroatoms. The summed E-state index contributed by atoms with van der Waals surface area (Å²) in [6.07, 6.45) is 7.12. The van der Waals surface area contributed by atoms with Crippen molar-refractivity contribution >= 4 is 0 Å². The molecule has 18 heavy (non-hydrogen) atoms. The van der Waals surface area contributed by atoms with Crippen molar-refractivity contribution in [3.8, 4) is 0 Å². The molecule has 0 aromatic carbocycles. The molecule has 0 saturated heterocycles. The molecule has 2 N–H and O–H groups in total. The van der Waals surface area contributed by atoms with Gasteiger partial charge in [0, 0.05) is 31.5 Å². The van der Waals surface area contributed by atoms with Gasteiger partial charge in [-0.2, -0.15) is 0 Å². The van der Waals surface area contributed by atoms with E-state index in [0.717, 1.165) is 19.3 Å². The Hall–Kier alpha value is -1.20. The van der Waals surface area contributed by atoms with Gasteiger partial charge in [0.1, 0.15) is 11.4 Å². The smallest absolute Gasteiger partial charge is 0.255 e. The van der Waals surface area contributed by atoms with Crippen LogP contribution in [0.25, 0.3) is 0 Å². The zero-order valence-corrected chi connectivity index (χ0v) is 10.7. The molecule has 1 aromatic heterocycles. The van der Waals surface area contributed by atoms with Gasteiger partial charge >= 0.3 is 0 Å². The van der Waals surface area contributed by atoms with Crippen molar-refractivity contribution in [2.24, 2.45) is 0 Å². The van der Waals surface area contributed by atoms with Gasteiger partial charge in [0.2, 0.25) is 0 Å². The number of methoxy groups -OCH3 is 1. The van der Waals surface area contributed by atoms with Crippen molar-refractivity contribution in [3.05, 3.63) is 27.9 Å². The third-order valence-corrected chi connectivity index (χ3v) is 4.02. The number of rotatable bonds is 5. The highest BCUT2D eigenvalue weighted by molar-refractivity contribution is 5.13. The van der Waals surface area contributed by atoms with Crippen LogP contribution in [0.2, 0.25) is 0 Å². The van der Waals surface area contributed by atoms with E-state index in [4.69, 9.17) is 4.74 Å². The first-order chi connectivity index (χ1) is 8.73. The fraction of sp³-hybridized carbons (Fsp3) is 0.692. The monoisotopic (exact) mass is 249 g/mol. The lowest BCUT2D eigenvalue weighted by molar-refractivity contribution is -0.0848. The third-order valence-electron chi connectivity index (χ3n) is 4.02. The van der Waals surface area contributed by atoms with E-state index in [1.807, 2.05) is 0 Å². The predicted octanol–water partition coefficient (Wildman–Crippen LogP) is 1.05. The Morgan fingerprint density at radius 2 is 2.33 bits per heavy atom. The van der Waals surface area contributed by atoms with Gasteiger partial charge in [0.25, 0.3) is 5.56 Å². The lowest BCUT2D eigenvalue weighted by atomic mass is 9.79. The highest BCUT2D eigenvalue weighted by Gasteiger charge is 2.41. The minimum Gasteiger partial charge on any atom is -0.370 e. The Bertz CT molecular complexity index is 484. The number of aromatic nitrogens is 2. The molecule has 2 fully saturated rings. The second kappa shape index (κ2) is 4.48. The molecule has 0 atom stereocenters. The van der Waals surface area contributed by atoms with Crippen molar-refractivity contribution in [2.75, 3.05) is 7.11 Å². The quantitative estimate of drug-likeness (QED) is 0.818. The van der Waals surface area contributed by atoms with Crippen molar-refractivity contribution in [1.82, 2.24) is 15.3 Å². The average Bonchev–Trinajstić information content (AvgIpc) is 3.11. The third kappa shape index (κ3) is 2.08. The van der Waals surface area contributed by atoms with Crippen molar-refractivity contribution in [1.29, 1.82) is 0 Å². The molecule has 5 nitrogen and oxygen atoms in total. The highest BCUT2D eigenvalue weighted by Crippen LogP contribution is 2.42. The summed E-state index contributed by atoms with van der Waals surface area (Å²) in [6.45, 7) is 0.604. The van der Waals surface area contributed by atoms with E-state index in [1.165, 1.54) is 12.8 Å². The van der Waals surface area contributed by atoms with Crippen LogP contribution in [-0.2, 0) is 16.9 Å². The van der Waals surface area contributed by atoms with Gasteiger partial charge in [0.15, 0.2) is 0 Å². The molecule has 2 aliphatic carbocycles. The van der Waals surface area contributed by atoms with E-state index in [9.17, 15) is 4.79 Å². The molecule has 2 saturated carbocycles. The van der Waals surface area contributed by atoms with Crippen LogP contribution in [0.1, 0.15) is 43.5 Å². The Balaban J connectivity index is 1.77. The normalized spacial score (nSPS) is 21.6. The zero-order chi connectivity index (χ0) is 12.6. The number of H-pyrrole nitrogens is 1. The Morgan fingerprint density at radius 1 is 1.56 bits per heavy atom. The molecule has 1 aromatic rings. The first kappa shape index (κ1) is 11.9. The van der Waals surface area contributed by atoms with Crippen LogP contribution < -0.4 is 10.9 Å². The Labute approximate surface area is 106 Å². The van der Waals surface area contributed by atoms with Crippen LogP contribution in [0, 0.1) is 0 Å². The molecule has 98 valence electrons. The van der Waals surface area contributed by atoms with Crippen molar-refractivity contribution in [3.63, 3.8) is 0 Å². The number of aromatic amines is 1. The van der Waals surface area contributed by atoms with E-state index in [0.29, 0.717) is 24.0 Å². The van der Waals surface area contributed by atoms with Crippen LogP contribution in [0.5, 0.6) is 0 Å². The molecule has 0 aliphatic heterocycles. The zero-order valence-electron chi connectivity index (χ0n) is 10.7. The van der Waals surface area contributed by atoms with Gasteiger partial charge in [-0.15, -0.1) is 0 Å². The van der Waals surface area contributed by atoms with Gasteiger partial charge < -0.3 is 15.0 Å². The van der Waals surface area contributed by atoms with E-state index in [2.05, 4.69) is 15.3 Å². The fourth-order valence-electron chi connectivity index (χ4n) is 2.36. The summed E-state index contributed by atoms with van der Waals surface area (Å²) in [6, 6.07) is 0.598. The van der Waals surface area contributed by atoms with E-state index in [-0.39, 0.29) is 11.2 Å². The molecule has 0 spiro atoms. The summed E-state index contributed by atoms with van der Waals surface area (Å²) in [5.41, 5.74) is 0.314. The number of nitrogens with zero attached hydrogens (tertiary/aromatic N) is 1. The second-order valence-electron chi connectivity index (χ2n) is 5.29. The van der Waals surface area contributed by atoms with Crippen LogP contribution >= 0.6 is 0 Å². The topological polar surface area (TPSA) is 67.0 Å². The maximum absolute atomic E-state index is 12.0. The minimum absolute atomic E-state index is 0.0449. The highest BCUT2D eigenvalue weighted by atomic mass is 16.5. The van der Waals surface area contributed by atoms with Crippen LogP contribution in [0.3, 0.4) is 0 Å². The molecule has 3 rings (SSSR count). The minimum atomic E-state index is -0.346. The fourth-order valence-corrected chi connectivity index (χ4v) is 2.36. The molecule has 0 amide bonds. The SMILES string of the molecule is COC1(c2ncc(CNC3CC3)c(=O)[nH]2)CCC1. The van der Waals surface area contributed by atoms with Gasteiger partial charge in [-0.25, -0.2) is 4.98 Å². The van der Waals surface area contributed by atoms with Crippen molar-refractivity contribution in [2.45, 2.75) is 50.3 Å². The Morgan fingerprint density at radius 3 is 2.83 bits per heavy atom. The van der Waals surface area contributed by atoms with Gasteiger partial charge in [-0.3, -0.25) is 4.79 Å². The maximum Gasteiger partial charge on any atom is 0.255 e. The Kier molecular flexibility index (Phi) is 2.95. The number of ether oxygens (including phenoxy) is 1. The van der Waals surface area contributed by atoms with Crippen LogP contribution in [0.4, 0.5) is 0 Å². The number of nitrogens with one attached hydrogen (secondary N) is 2. The standard InChI is InChI=1S/C13H19N3O2/c1-18-13(5-2-6-13)12-15-8-9(11(17)16-12)7-14-10-3-4-10/h8,10,14H,2-7H2,1H3,(H,15,16,17). The summed E-state index contributed by atoms with van der Waals surface area (Å²) in [4.78, 5) is 19.2. The molecule has 1 heterocycles. The summed E-state index contributed by atoms with van der Waals surface area (Å²) < 4.78 is 5.51. The average molecular weight is 249 g/mol. The summed E-state index contributed by atoms with van der Waals surface area (Å²) in [7, 11) is 1.68. The largest absolute Gasteiger partial charge is 0.370 e. The molecule has 0 unspecified atom stereocenters. The van der Waals surface area contributed by atoms with E-state index in [1.54, 1.807) is 13.3 Å². The summed E-state index contributed by atoms with van der Waals surface area (Å²) in [5.74, 6) is 0.677. The van der Waals surface area contributed by atoms with Crippen molar-refractivity contribution < 1.29 is 4.74 Å². The summed E-state index contributed by atoms with van der Waals surface area (Å²) >= 11 is 0. The molecular weight excluding hydrogens is 230 g/mol. The number of hydrogen-bond acceptors (Lipinski definition) is 4. The van der Waals surface area contributed by atoms with Gasteiger partial charge in [-0.05, 0) is 32.1 Å². The van der Waals surface area contributed by atoms with Crippen LogP contribution in [0.15, 0.2) is 11.0 Å². The number of hydrogen-bond donors (Lipinski definition) is 2. The molecule has 2 aliphatic rings. The lowest BCUT2D eigenvalue weighted by Gasteiger charge is -2.39. The van der Waals surface area contributed by atoms with E-state index >= 15 is 0 Å². The molecular formula is C13H19N3O2. The molecule has 0 radical (unpaired) electrons. The lowest BCUT2D eigenvalue weighted by Crippen LogP contribution is -2.40. The van der Waals surface area contributed by atoms with Crippen LogP contribution in [-0.4, -0.2) is 23.1 Å². The molecule has 0 bridgehead atoms.